The lowest BCUT2D eigenvalue weighted by Crippen LogP contribution is -2.39. The monoisotopic (exact) mass is 455 g/mol. The highest BCUT2D eigenvalue weighted by atomic mass is 32.2. The summed E-state index contributed by atoms with van der Waals surface area (Å²) in [5.74, 6) is 0.441. The average molecular weight is 456 g/mol. The van der Waals surface area contributed by atoms with Crippen LogP contribution in [-0.2, 0) is 20.2 Å². The maximum atomic E-state index is 13.3. The van der Waals surface area contributed by atoms with Crippen LogP contribution >= 0.6 is 0 Å². The van der Waals surface area contributed by atoms with Crippen LogP contribution in [0.4, 0.5) is 0 Å². The smallest absolute Gasteiger partial charge is 0.264 e. The summed E-state index contributed by atoms with van der Waals surface area (Å²) in [7, 11) is -2.62. The van der Waals surface area contributed by atoms with Crippen LogP contribution in [0.5, 0.6) is 11.6 Å². The number of ether oxygens (including phenoxy) is 2. The molecule has 9 heteroatoms. The molecule has 1 amide bonds. The van der Waals surface area contributed by atoms with Gasteiger partial charge in [-0.15, -0.1) is 0 Å². The Bertz CT molecular complexity index is 1260. The quantitative estimate of drug-likeness (QED) is 0.556. The van der Waals surface area contributed by atoms with Crippen LogP contribution in [0.3, 0.4) is 0 Å². The molecule has 1 saturated carbocycles. The molecule has 0 saturated heterocycles. The minimum Gasteiger partial charge on any atom is -0.495 e. The van der Waals surface area contributed by atoms with Crippen molar-refractivity contribution in [2.24, 2.45) is 5.92 Å². The van der Waals surface area contributed by atoms with Crippen molar-refractivity contribution in [1.29, 1.82) is 0 Å². The Balaban J connectivity index is 1.68. The van der Waals surface area contributed by atoms with Gasteiger partial charge in [0, 0.05) is 17.1 Å². The number of sulfonamides is 1. The van der Waals surface area contributed by atoms with Gasteiger partial charge < -0.3 is 9.47 Å². The Kier molecular flexibility index (Phi) is 5.77. The standard InChI is InChI=1S/C23H25N3O5S/c1-15(2)14-31-21-18(12-16(30-3)13-25-21)23(9-10-23)22(27)26-32(28,29)20-8-4-7-19-17(20)6-5-11-24-19/h4-8,11-13,15H,9-10,14H2,1-3H3,(H,26,27). The van der Waals surface area contributed by atoms with Crippen molar-refractivity contribution >= 4 is 26.8 Å². The zero-order chi connectivity index (χ0) is 22.9. The van der Waals surface area contributed by atoms with Crippen LogP contribution in [0, 0.1) is 5.92 Å². The van der Waals surface area contributed by atoms with Gasteiger partial charge in [0.2, 0.25) is 11.8 Å². The zero-order valence-electron chi connectivity index (χ0n) is 18.2. The highest BCUT2D eigenvalue weighted by Crippen LogP contribution is 2.52. The van der Waals surface area contributed by atoms with E-state index < -0.39 is 21.3 Å². The summed E-state index contributed by atoms with van der Waals surface area (Å²) in [5, 5.41) is 0.448. The van der Waals surface area contributed by atoms with Gasteiger partial charge in [0.25, 0.3) is 10.0 Å². The molecule has 1 fully saturated rings. The second kappa shape index (κ2) is 8.38. The van der Waals surface area contributed by atoms with Gasteiger partial charge >= 0.3 is 0 Å². The molecule has 0 atom stereocenters. The number of amides is 1. The van der Waals surface area contributed by atoms with Crippen molar-refractivity contribution in [3.8, 4) is 11.6 Å². The van der Waals surface area contributed by atoms with Crippen molar-refractivity contribution < 1.29 is 22.7 Å². The lowest BCUT2D eigenvalue weighted by atomic mass is 9.96. The van der Waals surface area contributed by atoms with Gasteiger partial charge in [-0.1, -0.05) is 19.9 Å². The van der Waals surface area contributed by atoms with E-state index in [2.05, 4.69) is 14.7 Å². The number of hydrogen-bond donors (Lipinski definition) is 1. The minimum absolute atomic E-state index is 0.00676. The van der Waals surface area contributed by atoms with Gasteiger partial charge in [0.1, 0.15) is 5.75 Å². The third kappa shape index (κ3) is 4.12. The van der Waals surface area contributed by atoms with Crippen LogP contribution < -0.4 is 14.2 Å². The molecule has 1 aliphatic rings. The van der Waals surface area contributed by atoms with Crippen molar-refractivity contribution in [3.05, 3.63) is 54.4 Å². The molecule has 3 aromatic rings. The van der Waals surface area contributed by atoms with Gasteiger partial charge in [0.05, 0.1) is 35.7 Å². The van der Waals surface area contributed by atoms with Gasteiger partial charge in [-0.25, -0.2) is 18.1 Å². The van der Waals surface area contributed by atoms with E-state index in [0.29, 0.717) is 47.5 Å². The van der Waals surface area contributed by atoms with Crippen LogP contribution in [-0.4, -0.2) is 38.0 Å². The fourth-order valence-corrected chi connectivity index (χ4v) is 4.85. The highest BCUT2D eigenvalue weighted by Gasteiger charge is 2.54. The molecule has 4 rings (SSSR count). The average Bonchev–Trinajstić information content (AvgIpc) is 3.59. The van der Waals surface area contributed by atoms with Crippen LogP contribution in [0.2, 0.25) is 0 Å². The third-order valence-corrected chi connectivity index (χ3v) is 6.83. The summed E-state index contributed by atoms with van der Waals surface area (Å²) in [4.78, 5) is 21.8. The van der Waals surface area contributed by atoms with Crippen LogP contribution in [0.15, 0.2) is 53.7 Å². The van der Waals surface area contributed by atoms with E-state index >= 15 is 0 Å². The maximum Gasteiger partial charge on any atom is 0.264 e. The number of fused-ring (bicyclic) bond motifs is 1. The zero-order valence-corrected chi connectivity index (χ0v) is 19.0. The molecule has 32 heavy (non-hydrogen) atoms. The normalized spacial score (nSPS) is 14.9. The summed E-state index contributed by atoms with van der Waals surface area (Å²) in [6.07, 6.45) is 4.08. The second-order valence-electron chi connectivity index (χ2n) is 8.28. The number of hydrogen-bond acceptors (Lipinski definition) is 7. The van der Waals surface area contributed by atoms with Crippen molar-refractivity contribution in [2.75, 3.05) is 13.7 Å². The molecule has 168 valence electrons. The molecule has 0 unspecified atom stereocenters. The number of aromatic nitrogens is 2. The predicted octanol–water partition coefficient (Wildman–Crippen LogP) is 3.21. The molecular weight excluding hydrogens is 430 g/mol. The Morgan fingerprint density at radius 2 is 1.97 bits per heavy atom. The summed E-state index contributed by atoms with van der Waals surface area (Å²) in [5.41, 5.74) is 0.0270. The third-order valence-electron chi connectivity index (χ3n) is 5.44. The maximum absolute atomic E-state index is 13.3. The lowest BCUT2D eigenvalue weighted by molar-refractivity contribution is -0.121. The summed E-state index contributed by atoms with van der Waals surface area (Å²) >= 11 is 0. The predicted molar refractivity (Wildman–Crippen MR) is 119 cm³/mol. The summed E-state index contributed by atoms with van der Waals surface area (Å²) in [6.45, 7) is 4.44. The van der Waals surface area contributed by atoms with E-state index in [0.717, 1.165) is 0 Å². The molecule has 0 bridgehead atoms. The summed E-state index contributed by atoms with van der Waals surface area (Å²) in [6, 6.07) is 9.81. The largest absolute Gasteiger partial charge is 0.495 e. The second-order valence-corrected chi connectivity index (χ2v) is 9.93. The van der Waals surface area contributed by atoms with E-state index in [4.69, 9.17) is 9.47 Å². The number of carbonyl (C=O) groups excluding carboxylic acids is 1. The first kappa shape index (κ1) is 22.0. The SMILES string of the molecule is COc1cnc(OCC(C)C)c(C2(C(=O)NS(=O)(=O)c3cccc4ncccc34)CC2)c1. The molecule has 2 heterocycles. The fraction of sp³-hybridized carbons (Fsp3) is 0.348. The first-order valence-electron chi connectivity index (χ1n) is 10.3. The molecule has 0 radical (unpaired) electrons. The van der Waals surface area contributed by atoms with E-state index in [1.807, 2.05) is 13.8 Å². The fourth-order valence-electron chi connectivity index (χ4n) is 3.58. The Morgan fingerprint density at radius 1 is 1.19 bits per heavy atom. The van der Waals surface area contributed by atoms with Crippen molar-refractivity contribution in [3.63, 3.8) is 0 Å². The van der Waals surface area contributed by atoms with Crippen molar-refractivity contribution in [1.82, 2.24) is 14.7 Å². The van der Waals surface area contributed by atoms with E-state index in [1.54, 1.807) is 36.5 Å². The number of rotatable bonds is 8. The molecule has 0 aliphatic heterocycles. The number of pyridine rings is 2. The summed E-state index contributed by atoms with van der Waals surface area (Å²) < 4.78 is 39.7. The Hall–Kier alpha value is -3.20. The molecule has 8 nitrogen and oxygen atoms in total. The molecule has 1 N–H and O–H groups in total. The number of benzene rings is 1. The first-order chi connectivity index (χ1) is 15.3. The number of nitrogens with zero attached hydrogens (tertiary/aromatic N) is 2. The first-order valence-corrected chi connectivity index (χ1v) is 11.8. The highest BCUT2D eigenvalue weighted by molar-refractivity contribution is 7.90. The van der Waals surface area contributed by atoms with E-state index in [1.165, 1.54) is 19.4 Å². The van der Waals surface area contributed by atoms with Crippen LogP contribution in [0.1, 0.15) is 32.3 Å². The minimum atomic E-state index is -4.12. The molecule has 1 aromatic carbocycles. The molecule has 0 spiro atoms. The Labute approximate surface area is 187 Å². The Morgan fingerprint density at radius 3 is 2.66 bits per heavy atom. The van der Waals surface area contributed by atoms with E-state index in [-0.39, 0.29) is 10.8 Å². The van der Waals surface area contributed by atoms with Gasteiger partial charge in [0.15, 0.2) is 0 Å². The lowest BCUT2D eigenvalue weighted by Gasteiger charge is -2.20. The van der Waals surface area contributed by atoms with Gasteiger partial charge in [-0.05, 0) is 49.1 Å². The topological polar surface area (TPSA) is 107 Å². The molecule has 2 aromatic heterocycles. The van der Waals surface area contributed by atoms with E-state index in [9.17, 15) is 13.2 Å². The van der Waals surface area contributed by atoms with Crippen LogP contribution in [0.25, 0.3) is 10.9 Å². The number of nitrogens with one attached hydrogen (secondary N) is 1. The molecule has 1 aliphatic carbocycles. The van der Waals surface area contributed by atoms with Crippen molar-refractivity contribution in [2.45, 2.75) is 37.0 Å². The number of methoxy groups -OCH3 is 1. The number of carbonyl (C=O) groups is 1. The van der Waals surface area contributed by atoms with Gasteiger partial charge in [-0.2, -0.15) is 0 Å². The molecular formula is C23H25N3O5S. The van der Waals surface area contributed by atoms with Gasteiger partial charge in [-0.3, -0.25) is 9.78 Å².